The topological polar surface area (TPSA) is 103 Å². The molecule has 5 aromatic rings. The van der Waals surface area contributed by atoms with E-state index in [1.807, 2.05) is 22.8 Å². The Labute approximate surface area is 213 Å². The summed E-state index contributed by atoms with van der Waals surface area (Å²) in [5.41, 5.74) is 3.84. The molecule has 2 aromatic carbocycles. The molecule has 0 amide bonds. The van der Waals surface area contributed by atoms with E-state index in [0.29, 0.717) is 16.7 Å². The Balaban J connectivity index is 1.38. The van der Waals surface area contributed by atoms with Crippen molar-refractivity contribution < 1.29 is 32.3 Å². The van der Waals surface area contributed by atoms with Crippen LogP contribution in [0.5, 0.6) is 5.75 Å². The van der Waals surface area contributed by atoms with Crippen molar-refractivity contribution in [3.05, 3.63) is 72.7 Å². The number of alkyl halides is 3. The molecular formula is C27H19F3N4O4. The first-order valence-electron chi connectivity index (χ1n) is 11.7. The van der Waals surface area contributed by atoms with E-state index in [1.165, 1.54) is 18.3 Å². The fraction of sp³-hybridized carbons (Fsp3) is 0.185. The lowest BCUT2D eigenvalue weighted by molar-refractivity contribution is -0.274. The number of hydrogen-bond acceptors (Lipinski definition) is 6. The fourth-order valence-corrected chi connectivity index (χ4v) is 4.95. The van der Waals surface area contributed by atoms with Gasteiger partial charge in [0.1, 0.15) is 5.75 Å². The number of rotatable bonds is 6. The zero-order chi connectivity index (χ0) is 26.4. The second-order valence-electron chi connectivity index (χ2n) is 9.03. The Hall–Kier alpha value is -4.67. The number of fused-ring (bicyclic) bond motifs is 3. The SMILES string of the molecule is O=C(O)CC1CCc2cc3ccc(-c4noc(-c5cc(OC(F)(F)F)cc(-c6cccnc6)c5)n4)cc3n21. The van der Waals surface area contributed by atoms with Crippen LogP contribution in [-0.4, -0.2) is 37.1 Å². The number of pyridine rings is 1. The molecule has 0 bridgehead atoms. The minimum Gasteiger partial charge on any atom is -0.481 e. The highest BCUT2D eigenvalue weighted by Crippen LogP contribution is 2.37. The molecule has 4 heterocycles. The van der Waals surface area contributed by atoms with E-state index in [9.17, 15) is 23.1 Å². The molecule has 38 heavy (non-hydrogen) atoms. The minimum absolute atomic E-state index is 0.0157. The minimum atomic E-state index is -4.88. The van der Waals surface area contributed by atoms with Gasteiger partial charge in [-0.1, -0.05) is 23.4 Å². The first kappa shape index (κ1) is 23.7. The van der Waals surface area contributed by atoms with Crippen molar-refractivity contribution in [3.8, 4) is 39.7 Å². The quantitative estimate of drug-likeness (QED) is 0.281. The summed E-state index contributed by atoms with van der Waals surface area (Å²) in [6, 6.07) is 15.0. The Kier molecular flexibility index (Phi) is 5.63. The maximum atomic E-state index is 13.0. The lowest BCUT2D eigenvalue weighted by Crippen LogP contribution is -2.17. The smallest absolute Gasteiger partial charge is 0.481 e. The van der Waals surface area contributed by atoms with Gasteiger partial charge in [0.15, 0.2) is 0 Å². The third kappa shape index (κ3) is 4.58. The molecule has 1 aliphatic heterocycles. The molecule has 1 atom stereocenters. The number of carboxylic acids is 1. The summed E-state index contributed by atoms with van der Waals surface area (Å²) in [5, 5.41) is 14.3. The van der Waals surface area contributed by atoms with E-state index in [1.54, 1.807) is 24.4 Å². The predicted molar refractivity (Wildman–Crippen MR) is 130 cm³/mol. The van der Waals surface area contributed by atoms with Gasteiger partial charge < -0.3 is 18.9 Å². The van der Waals surface area contributed by atoms with Crippen molar-refractivity contribution in [1.82, 2.24) is 19.7 Å². The summed E-state index contributed by atoms with van der Waals surface area (Å²) in [7, 11) is 0. The number of aromatic nitrogens is 4. The van der Waals surface area contributed by atoms with Gasteiger partial charge in [-0.05, 0) is 60.2 Å². The van der Waals surface area contributed by atoms with Crippen LogP contribution in [0.15, 0.2) is 71.5 Å². The number of nitrogens with zero attached hydrogens (tertiary/aromatic N) is 4. The Morgan fingerprint density at radius 1 is 1.08 bits per heavy atom. The molecule has 1 N–H and O–H groups in total. The Morgan fingerprint density at radius 3 is 2.68 bits per heavy atom. The number of hydrogen-bond donors (Lipinski definition) is 1. The largest absolute Gasteiger partial charge is 0.573 e. The van der Waals surface area contributed by atoms with Crippen molar-refractivity contribution in [2.45, 2.75) is 31.7 Å². The third-order valence-electron chi connectivity index (χ3n) is 6.50. The van der Waals surface area contributed by atoms with Crippen molar-refractivity contribution in [2.75, 3.05) is 0 Å². The van der Waals surface area contributed by atoms with Crippen molar-refractivity contribution in [1.29, 1.82) is 0 Å². The first-order valence-corrected chi connectivity index (χ1v) is 11.7. The van der Waals surface area contributed by atoms with Gasteiger partial charge in [0.25, 0.3) is 5.89 Å². The van der Waals surface area contributed by atoms with Gasteiger partial charge in [0, 0.05) is 46.3 Å². The first-order chi connectivity index (χ1) is 18.2. The summed E-state index contributed by atoms with van der Waals surface area (Å²) in [4.78, 5) is 19.8. The van der Waals surface area contributed by atoms with Crippen LogP contribution in [0.3, 0.4) is 0 Å². The maximum absolute atomic E-state index is 13.0. The van der Waals surface area contributed by atoms with Crippen LogP contribution in [0, 0.1) is 0 Å². The number of carboxylic acid groups (broad SMARTS) is 1. The summed E-state index contributed by atoms with van der Waals surface area (Å²) in [5.74, 6) is -1.02. The molecule has 1 aliphatic rings. The van der Waals surface area contributed by atoms with Crippen LogP contribution < -0.4 is 4.74 Å². The number of aryl methyl sites for hydroxylation is 1. The Bertz CT molecular complexity index is 1660. The van der Waals surface area contributed by atoms with E-state index >= 15 is 0 Å². The monoisotopic (exact) mass is 520 g/mol. The van der Waals surface area contributed by atoms with Crippen molar-refractivity contribution in [3.63, 3.8) is 0 Å². The molecule has 3 aromatic heterocycles. The van der Waals surface area contributed by atoms with Gasteiger partial charge in [0.05, 0.1) is 6.42 Å². The number of aliphatic carboxylic acids is 1. The van der Waals surface area contributed by atoms with Crippen LogP contribution in [0.25, 0.3) is 44.9 Å². The highest BCUT2D eigenvalue weighted by Gasteiger charge is 2.32. The molecule has 11 heteroatoms. The molecule has 0 radical (unpaired) electrons. The average molecular weight is 520 g/mol. The molecule has 1 unspecified atom stereocenters. The highest BCUT2D eigenvalue weighted by molar-refractivity contribution is 5.86. The predicted octanol–water partition coefficient (Wildman–Crippen LogP) is 6.28. The van der Waals surface area contributed by atoms with Crippen LogP contribution in [0.2, 0.25) is 0 Å². The van der Waals surface area contributed by atoms with Gasteiger partial charge in [0.2, 0.25) is 5.82 Å². The maximum Gasteiger partial charge on any atom is 0.573 e. The molecule has 192 valence electrons. The van der Waals surface area contributed by atoms with Gasteiger partial charge in [-0.3, -0.25) is 9.78 Å². The van der Waals surface area contributed by atoms with E-state index in [-0.39, 0.29) is 29.7 Å². The lowest BCUT2D eigenvalue weighted by Gasteiger charge is -2.13. The summed E-state index contributed by atoms with van der Waals surface area (Å²) < 4.78 is 50.7. The van der Waals surface area contributed by atoms with E-state index < -0.39 is 18.1 Å². The molecule has 0 spiro atoms. The number of carbonyl (C=O) groups is 1. The van der Waals surface area contributed by atoms with Gasteiger partial charge in [-0.15, -0.1) is 13.2 Å². The summed E-state index contributed by atoms with van der Waals surface area (Å²) in [6.07, 6.45) is -0.211. The highest BCUT2D eigenvalue weighted by atomic mass is 19.4. The van der Waals surface area contributed by atoms with Gasteiger partial charge >= 0.3 is 12.3 Å². The third-order valence-corrected chi connectivity index (χ3v) is 6.50. The molecular weight excluding hydrogens is 501 g/mol. The second kappa shape index (κ2) is 9.02. The molecule has 8 nitrogen and oxygen atoms in total. The Morgan fingerprint density at radius 2 is 1.92 bits per heavy atom. The summed E-state index contributed by atoms with van der Waals surface area (Å²) >= 11 is 0. The van der Waals surface area contributed by atoms with Crippen molar-refractivity contribution in [2.24, 2.45) is 0 Å². The second-order valence-corrected chi connectivity index (χ2v) is 9.03. The lowest BCUT2D eigenvalue weighted by atomic mass is 10.0. The van der Waals surface area contributed by atoms with Crippen LogP contribution in [0.4, 0.5) is 13.2 Å². The van der Waals surface area contributed by atoms with E-state index in [2.05, 4.69) is 25.9 Å². The fourth-order valence-electron chi connectivity index (χ4n) is 4.95. The van der Waals surface area contributed by atoms with Crippen LogP contribution >= 0.6 is 0 Å². The van der Waals surface area contributed by atoms with Gasteiger partial charge in [-0.25, -0.2) is 0 Å². The summed E-state index contributed by atoms with van der Waals surface area (Å²) in [6.45, 7) is 0. The molecule has 0 aliphatic carbocycles. The van der Waals surface area contributed by atoms with E-state index in [0.717, 1.165) is 29.4 Å². The van der Waals surface area contributed by atoms with Gasteiger partial charge in [-0.2, -0.15) is 4.98 Å². The van der Waals surface area contributed by atoms with Crippen LogP contribution in [-0.2, 0) is 11.2 Å². The number of benzene rings is 2. The van der Waals surface area contributed by atoms with Crippen LogP contribution in [0.1, 0.15) is 24.6 Å². The number of halogens is 3. The van der Waals surface area contributed by atoms with Crippen molar-refractivity contribution >= 4 is 16.9 Å². The zero-order valence-electron chi connectivity index (χ0n) is 19.6. The number of ether oxygens (including phenoxy) is 1. The average Bonchev–Trinajstić information content (AvgIpc) is 3.59. The molecule has 0 saturated carbocycles. The standard InChI is InChI=1S/C27H19F3N4O4/c28-27(29,30)37-22-10-18(17-2-1-7-31-14-17)8-19(11-22)26-32-25(33-38-26)16-4-3-15-9-20-5-6-21(13-24(35)36)34(20)23(15)12-16/h1-4,7-12,14,21H,5-6,13H2,(H,35,36). The molecule has 0 saturated heterocycles. The normalized spacial score (nSPS) is 15.1. The van der Waals surface area contributed by atoms with E-state index in [4.69, 9.17) is 4.52 Å². The molecule has 0 fully saturated rings. The zero-order valence-corrected chi connectivity index (χ0v) is 19.6. The molecule has 6 rings (SSSR count).